The Balaban J connectivity index is 1.72. The van der Waals surface area contributed by atoms with E-state index in [9.17, 15) is 4.79 Å². The lowest BCUT2D eigenvalue weighted by atomic mass is 10.0. The molecule has 0 spiro atoms. The quantitative estimate of drug-likeness (QED) is 0.546. The average Bonchev–Trinajstić information content (AvgIpc) is 2.78. The maximum atomic E-state index is 12.6. The Morgan fingerprint density at radius 1 is 1.10 bits per heavy atom. The number of nitrogens with one attached hydrogen (secondary N) is 1. The summed E-state index contributed by atoms with van der Waals surface area (Å²) in [7, 11) is 1.62. The number of hydrogen-bond donors (Lipinski definition) is 2. The van der Waals surface area contributed by atoms with Crippen molar-refractivity contribution in [3.05, 3.63) is 93.9 Å². The first kappa shape index (κ1) is 19.0. The van der Waals surface area contributed by atoms with Crippen molar-refractivity contribution < 1.29 is 4.74 Å². The number of nitriles is 1. The van der Waals surface area contributed by atoms with Gasteiger partial charge in [-0.2, -0.15) is 5.26 Å². The smallest absolute Gasteiger partial charge is 0.276 e. The van der Waals surface area contributed by atoms with E-state index in [1.165, 1.54) is 0 Å². The summed E-state index contributed by atoms with van der Waals surface area (Å²) in [6.45, 7) is 0. The molecule has 0 aliphatic heterocycles. The standard InChI is InChI=1S/C24H18N4O2/c1-30-19-8-5-17(6-9-19)18-7-10-21-22(13-18)28-24(29)23(27-21)20(26)12-15-3-2-4-16(11-15)14-25/h2-13H,26H2,1H3,(H,28,29)/b20-12-. The fourth-order valence-electron chi connectivity index (χ4n) is 3.19. The Hall–Kier alpha value is -4.37. The molecule has 146 valence electrons. The molecular formula is C24H18N4O2. The summed E-state index contributed by atoms with van der Waals surface area (Å²) < 4.78 is 5.19. The Morgan fingerprint density at radius 3 is 2.60 bits per heavy atom. The van der Waals surface area contributed by atoms with Gasteiger partial charge in [0.25, 0.3) is 5.56 Å². The van der Waals surface area contributed by atoms with Crippen LogP contribution < -0.4 is 16.0 Å². The number of fused-ring (bicyclic) bond motifs is 1. The van der Waals surface area contributed by atoms with Gasteiger partial charge in [0.05, 0.1) is 35.5 Å². The number of hydrogen-bond acceptors (Lipinski definition) is 5. The molecule has 0 saturated heterocycles. The number of nitrogens with zero attached hydrogens (tertiary/aromatic N) is 2. The molecule has 6 heteroatoms. The topological polar surface area (TPSA) is 105 Å². The summed E-state index contributed by atoms with van der Waals surface area (Å²) in [6, 6.07) is 22.4. The number of H-pyrrole nitrogens is 1. The van der Waals surface area contributed by atoms with E-state index in [0.29, 0.717) is 16.6 Å². The zero-order valence-corrected chi connectivity index (χ0v) is 16.2. The van der Waals surface area contributed by atoms with E-state index in [-0.39, 0.29) is 17.0 Å². The first-order chi connectivity index (χ1) is 14.6. The number of ether oxygens (including phenoxy) is 1. The van der Waals surface area contributed by atoms with Crippen molar-refractivity contribution in [3.8, 4) is 22.9 Å². The van der Waals surface area contributed by atoms with Crippen molar-refractivity contribution in [2.45, 2.75) is 0 Å². The zero-order chi connectivity index (χ0) is 21.1. The third kappa shape index (κ3) is 3.77. The van der Waals surface area contributed by atoms with Gasteiger partial charge in [-0.05, 0) is 59.2 Å². The molecule has 0 amide bonds. The number of nitrogens with two attached hydrogens (primary N) is 1. The second-order valence-corrected chi connectivity index (χ2v) is 6.71. The van der Waals surface area contributed by atoms with Crippen LogP contribution in [-0.2, 0) is 0 Å². The maximum absolute atomic E-state index is 12.6. The molecule has 0 unspecified atom stereocenters. The third-order valence-electron chi connectivity index (χ3n) is 4.73. The van der Waals surface area contributed by atoms with Gasteiger partial charge in [0, 0.05) is 0 Å². The monoisotopic (exact) mass is 394 g/mol. The van der Waals surface area contributed by atoms with E-state index in [1.807, 2.05) is 48.5 Å². The Morgan fingerprint density at radius 2 is 1.87 bits per heavy atom. The van der Waals surface area contributed by atoms with Gasteiger partial charge in [0.1, 0.15) is 5.75 Å². The maximum Gasteiger partial charge on any atom is 0.276 e. The minimum atomic E-state index is -0.375. The average molecular weight is 394 g/mol. The highest BCUT2D eigenvalue weighted by Gasteiger charge is 2.09. The lowest BCUT2D eigenvalue weighted by molar-refractivity contribution is 0.415. The van der Waals surface area contributed by atoms with Gasteiger partial charge in [-0.1, -0.05) is 30.3 Å². The second kappa shape index (κ2) is 7.94. The molecule has 3 aromatic carbocycles. The van der Waals surface area contributed by atoms with Gasteiger partial charge >= 0.3 is 0 Å². The number of methoxy groups -OCH3 is 1. The van der Waals surface area contributed by atoms with Crippen LogP contribution in [0.4, 0.5) is 0 Å². The number of benzene rings is 3. The van der Waals surface area contributed by atoms with E-state index in [0.717, 1.165) is 22.4 Å². The molecule has 3 N–H and O–H groups in total. The summed E-state index contributed by atoms with van der Waals surface area (Å²) in [6.07, 6.45) is 1.63. The predicted octanol–water partition coefficient (Wildman–Crippen LogP) is 3.93. The molecule has 0 radical (unpaired) electrons. The number of rotatable bonds is 4. The summed E-state index contributed by atoms with van der Waals surface area (Å²) in [5, 5.41) is 9.03. The molecule has 0 saturated carbocycles. The van der Waals surface area contributed by atoms with Crippen molar-refractivity contribution >= 4 is 22.8 Å². The largest absolute Gasteiger partial charge is 0.497 e. The lowest BCUT2D eigenvalue weighted by Crippen LogP contribution is -2.17. The van der Waals surface area contributed by atoms with Crippen LogP contribution in [-0.4, -0.2) is 17.1 Å². The summed E-state index contributed by atoms with van der Waals surface area (Å²) in [4.78, 5) is 19.9. The molecule has 1 heterocycles. The Bertz CT molecular complexity index is 1360. The first-order valence-electron chi connectivity index (χ1n) is 9.23. The van der Waals surface area contributed by atoms with Gasteiger partial charge in [0.2, 0.25) is 0 Å². The number of aromatic amines is 1. The zero-order valence-electron chi connectivity index (χ0n) is 16.2. The highest BCUT2D eigenvalue weighted by molar-refractivity contribution is 5.84. The Labute approximate surface area is 172 Å². The normalized spacial score (nSPS) is 11.3. The molecule has 0 fully saturated rings. The predicted molar refractivity (Wildman–Crippen MR) is 118 cm³/mol. The molecule has 30 heavy (non-hydrogen) atoms. The van der Waals surface area contributed by atoms with Crippen molar-refractivity contribution in [3.63, 3.8) is 0 Å². The third-order valence-corrected chi connectivity index (χ3v) is 4.73. The highest BCUT2D eigenvalue weighted by Crippen LogP contribution is 2.25. The van der Waals surface area contributed by atoms with Crippen LogP contribution >= 0.6 is 0 Å². The number of aromatic nitrogens is 2. The van der Waals surface area contributed by atoms with E-state index < -0.39 is 0 Å². The van der Waals surface area contributed by atoms with Crippen LogP contribution in [0.2, 0.25) is 0 Å². The molecule has 1 aromatic heterocycles. The first-order valence-corrected chi connectivity index (χ1v) is 9.23. The van der Waals surface area contributed by atoms with Crippen LogP contribution in [0, 0.1) is 11.3 Å². The molecular weight excluding hydrogens is 376 g/mol. The fraction of sp³-hybridized carbons (Fsp3) is 0.0417. The minimum Gasteiger partial charge on any atom is -0.497 e. The lowest BCUT2D eigenvalue weighted by Gasteiger charge is -2.07. The van der Waals surface area contributed by atoms with E-state index >= 15 is 0 Å². The SMILES string of the molecule is COc1ccc(-c2ccc3nc(/C(N)=C/c4cccc(C#N)c4)c(=O)[nH]c3c2)cc1. The van der Waals surface area contributed by atoms with Crippen molar-refractivity contribution in [1.29, 1.82) is 5.26 Å². The molecule has 4 aromatic rings. The Kier molecular flexibility index (Phi) is 5.02. The van der Waals surface area contributed by atoms with E-state index in [2.05, 4.69) is 16.0 Å². The molecule has 0 atom stereocenters. The van der Waals surface area contributed by atoms with E-state index in [1.54, 1.807) is 31.4 Å². The fourth-order valence-corrected chi connectivity index (χ4v) is 3.19. The van der Waals surface area contributed by atoms with Gasteiger partial charge in [-0.25, -0.2) is 4.98 Å². The summed E-state index contributed by atoms with van der Waals surface area (Å²) >= 11 is 0. The van der Waals surface area contributed by atoms with Gasteiger partial charge in [-0.3, -0.25) is 4.79 Å². The van der Waals surface area contributed by atoms with Gasteiger partial charge in [-0.15, -0.1) is 0 Å². The molecule has 4 rings (SSSR count). The van der Waals surface area contributed by atoms with Crippen LogP contribution in [0.15, 0.2) is 71.5 Å². The molecule has 0 aliphatic rings. The van der Waals surface area contributed by atoms with Crippen LogP contribution in [0.25, 0.3) is 33.9 Å². The van der Waals surface area contributed by atoms with E-state index in [4.69, 9.17) is 15.7 Å². The molecule has 0 aliphatic carbocycles. The van der Waals surface area contributed by atoms with Crippen LogP contribution in [0.5, 0.6) is 5.75 Å². The van der Waals surface area contributed by atoms with Crippen molar-refractivity contribution in [2.24, 2.45) is 5.73 Å². The summed E-state index contributed by atoms with van der Waals surface area (Å²) in [5.74, 6) is 0.779. The molecule has 6 nitrogen and oxygen atoms in total. The van der Waals surface area contributed by atoms with Gasteiger partial charge in [0.15, 0.2) is 5.69 Å². The van der Waals surface area contributed by atoms with Crippen LogP contribution in [0.1, 0.15) is 16.8 Å². The van der Waals surface area contributed by atoms with Crippen molar-refractivity contribution in [1.82, 2.24) is 9.97 Å². The summed E-state index contributed by atoms with van der Waals surface area (Å²) in [5.41, 5.74) is 10.6. The minimum absolute atomic E-state index is 0.141. The highest BCUT2D eigenvalue weighted by atomic mass is 16.5. The molecule has 0 bridgehead atoms. The van der Waals surface area contributed by atoms with Gasteiger partial charge < -0.3 is 15.5 Å². The second-order valence-electron chi connectivity index (χ2n) is 6.71. The van der Waals surface area contributed by atoms with Crippen molar-refractivity contribution in [2.75, 3.05) is 7.11 Å². The van der Waals surface area contributed by atoms with Crippen LogP contribution in [0.3, 0.4) is 0 Å².